The molecule has 0 saturated carbocycles. The Kier molecular flexibility index (Phi) is 5.76. The quantitative estimate of drug-likeness (QED) is 0.851. The van der Waals surface area contributed by atoms with Gasteiger partial charge in [0.15, 0.2) is 6.10 Å². The van der Waals surface area contributed by atoms with E-state index in [0.717, 1.165) is 0 Å². The highest BCUT2D eigenvalue weighted by Crippen LogP contribution is 2.30. The molecule has 0 aliphatic carbocycles. The topological polar surface area (TPSA) is 61.8 Å². The van der Waals surface area contributed by atoms with Crippen molar-refractivity contribution in [2.45, 2.75) is 12.1 Å². The predicted octanol–water partition coefficient (Wildman–Crippen LogP) is 2.12. The van der Waals surface area contributed by atoms with Gasteiger partial charge in [-0.15, -0.1) is 0 Å². The smallest absolute Gasteiger partial charge is 0.251 e. The summed E-state index contributed by atoms with van der Waals surface area (Å²) in [5, 5.41) is 12.9. The van der Waals surface area contributed by atoms with Crippen LogP contribution in [0.2, 0.25) is 0 Å². The molecule has 0 aliphatic heterocycles. The second kappa shape index (κ2) is 7.79. The molecule has 0 radical (unpaired) electrons. The number of anilines is 1. The van der Waals surface area contributed by atoms with Crippen LogP contribution in [0.3, 0.4) is 0 Å². The summed E-state index contributed by atoms with van der Waals surface area (Å²) in [7, 11) is 4.72. The largest absolute Gasteiger partial charge is 0.497 e. The van der Waals surface area contributed by atoms with Crippen LogP contribution in [-0.4, -0.2) is 38.3 Å². The fraction of sp³-hybridized carbons (Fsp3) is 0.278. The third kappa shape index (κ3) is 3.83. The lowest BCUT2D eigenvalue weighted by molar-refractivity contribution is -0.129. The maximum Gasteiger partial charge on any atom is 0.251 e. The van der Waals surface area contributed by atoms with E-state index in [2.05, 4.69) is 5.32 Å². The Morgan fingerprint density at radius 3 is 2.46 bits per heavy atom. The molecule has 2 aromatic carbocycles. The van der Waals surface area contributed by atoms with Crippen LogP contribution in [0.5, 0.6) is 5.75 Å². The second-order valence-electron chi connectivity index (χ2n) is 5.37. The maximum atomic E-state index is 13.5. The minimum atomic E-state index is -1.32. The minimum Gasteiger partial charge on any atom is -0.497 e. The number of ether oxygens (including phenoxy) is 1. The fourth-order valence-corrected chi connectivity index (χ4v) is 2.57. The van der Waals surface area contributed by atoms with Crippen molar-refractivity contribution in [1.29, 1.82) is 0 Å². The van der Waals surface area contributed by atoms with Gasteiger partial charge in [-0.25, -0.2) is 4.39 Å². The van der Waals surface area contributed by atoms with Gasteiger partial charge in [0.25, 0.3) is 5.91 Å². The zero-order chi connectivity index (χ0) is 17.7. The molecular formula is C18H21FN2O3. The van der Waals surface area contributed by atoms with E-state index >= 15 is 0 Å². The molecular weight excluding hydrogens is 311 g/mol. The molecule has 0 spiro atoms. The number of halogens is 1. The molecule has 0 aromatic heterocycles. The number of methoxy groups -OCH3 is 1. The molecule has 24 heavy (non-hydrogen) atoms. The average Bonchev–Trinajstić information content (AvgIpc) is 2.61. The highest BCUT2D eigenvalue weighted by atomic mass is 19.1. The van der Waals surface area contributed by atoms with Crippen LogP contribution in [0.15, 0.2) is 48.5 Å². The van der Waals surface area contributed by atoms with E-state index in [1.54, 1.807) is 55.5 Å². The lowest BCUT2D eigenvalue weighted by Crippen LogP contribution is -2.43. The minimum absolute atomic E-state index is 0.387. The van der Waals surface area contributed by atoms with Crippen LogP contribution in [0.1, 0.15) is 11.6 Å². The number of nitrogens with one attached hydrogen (secondary N) is 1. The Bertz CT molecular complexity index is 691. The Morgan fingerprint density at radius 2 is 1.92 bits per heavy atom. The molecule has 2 aromatic rings. The molecule has 1 amide bonds. The third-order valence-corrected chi connectivity index (χ3v) is 3.90. The van der Waals surface area contributed by atoms with Crippen molar-refractivity contribution < 1.29 is 19.0 Å². The molecule has 2 rings (SSSR count). The van der Waals surface area contributed by atoms with Gasteiger partial charge in [0.05, 0.1) is 13.2 Å². The number of amides is 1. The zero-order valence-corrected chi connectivity index (χ0v) is 13.9. The first-order chi connectivity index (χ1) is 11.5. The predicted molar refractivity (Wildman–Crippen MR) is 90.6 cm³/mol. The van der Waals surface area contributed by atoms with Gasteiger partial charge in [0.1, 0.15) is 11.6 Å². The summed E-state index contributed by atoms with van der Waals surface area (Å²) >= 11 is 0. The SMILES string of the molecule is CNC(=O)C(O)C(c1ccc(OC)cc1)N(C)c1cccc(F)c1. The molecule has 2 unspecified atom stereocenters. The van der Waals surface area contributed by atoms with Gasteiger partial charge in [-0.1, -0.05) is 18.2 Å². The number of benzene rings is 2. The molecule has 0 aliphatic rings. The normalized spacial score (nSPS) is 13.0. The number of hydrogen-bond donors (Lipinski definition) is 2. The summed E-state index contributed by atoms with van der Waals surface area (Å²) in [5.74, 6) is -0.235. The molecule has 0 heterocycles. The molecule has 0 saturated heterocycles. The Balaban J connectivity index is 2.43. The summed E-state index contributed by atoms with van der Waals surface area (Å²) in [6.45, 7) is 0. The number of aliphatic hydroxyl groups is 1. The molecule has 6 heteroatoms. The van der Waals surface area contributed by atoms with Gasteiger partial charge in [0, 0.05) is 19.8 Å². The van der Waals surface area contributed by atoms with Gasteiger partial charge in [0.2, 0.25) is 0 Å². The zero-order valence-electron chi connectivity index (χ0n) is 13.9. The van der Waals surface area contributed by atoms with E-state index in [1.165, 1.54) is 19.2 Å². The van der Waals surface area contributed by atoms with Crippen molar-refractivity contribution in [3.63, 3.8) is 0 Å². The summed E-state index contributed by atoms with van der Waals surface area (Å²) < 4.78 is 18.7. The van der Waals surface area contributed by atoms with E-state index in [1.807, 2.05) is 0 Å². The summed E-state index contributed by atoms with van der Waals surface area (Å²) in [6, 6.07) is 12.3. The van der Waals surface area contributed by atoms with Gasteiger partial charge >= 0.3 is 0 Å². The number of carbonyl (C=O) groups is 1. The molecule has 5 nitrogen and oxygen atoms in total. The van der Waals surface area contributed by atoms with Crippen molar-refractivity contribution in [2.24, 2.45) is 0 Å². The van der Waals surface area contributed by atoms with Crippen LogP contribution < -0.4 is 15.0 Å². The van der Waals surface area contributed by atoms with Crippen LogP contribution in [0.4, 0.5) is 10.1 Å². The first-order valence-corrected chi connectivity index (χ1v) is 7.50. The van der Waals surface area contributed by atoms with Gasteiger partial charge in [-0.05, 0) is 35.9 Å². The lowest BCUT2D eigenvalue weighted by atomic mass is 9.98. The number of nitrogens with zero attached hydrogens (tertiary/aromatic N) is 1. The number of rotatable bonds is 6. The van der Waals surface area contributed by atoms with Crippen molar-refractivity contribution in [2.75, 3.05) is 26.1 Å². The van der Waals surface area contributed by atoms with E-state index in [0.29, 0.717) is 17.0 Å². The molecule has 2 atom stereocenters. The summed E-state index contributed by atoms with van der Waals surface area (Å²) in [5.41, 5.74) is 1.26. The highest BCUT2D eigenvalue weighted by Gasteiger charge is 2.31. The van der Waals surface area contributed by atoms with Gasteiger partial charge in [-0.2, -0.15) is 0 Å². The van der Waals surface area contributed by atoms with Crippen LogP contribution >= 0.6 is 0 Å². The molecule has 2 N–H and O–H groups in total. The summed E-state index contributed by atoms with van der Waals surface area (Å²) in [6.07, 6.45) is -1.32. The van der Waals surface area contributed by atoms with E-state index in [9.17, 15) is 14.3 Å². The molecule has 0 fully saturated rings. The fourth-order valence-electron chi connectivity index (χ4n) is 2.57. The van der Waals surface area contributed by atoms with Crippen molar-refractivity contribution in [1.82, 2.24) is 5.32 Å². The van der Waals surface area contributed by atoms with E-state index < -0.39 is 18.1 Å². The number of aliphatic hydroxyl groups excluding tert-OH is 1. The van der Waals surface area contributed by atoms with Gasteiger partial charge in [-0.3, -0.25) is 4.79 Å². The Hall–Kier alpha value is -2.60. The maximum absolute atomic E-state index is 13.5. The lowest BCUT2D eigenvalue weighted by Gasteiger charge is -2.33. The summed E-state index contributed by atoms with van der Waals surface area (Å²) in [4.78, 5) is 13.6. The van der Waals surface area contributed by atoms with Gasteiger partial charge < -0.3 is 20.1 Å². The third-order valence-electron chi connectivity index (χ3n) is 3.90. The molecule has 0 bridgehead atoms. The first-order valence-electron chi connectivity index (χ1n) is 7.50. The van der Waals surface area contributed by atoms with Crippen molar-refractivity contribution in [3.05, 3.63) is 59.9 Å². The number of hydrogen-bond acceptors (Lipinski definition) is 4. The monoisotopic (exact) mass is 332 g/mol. The second-order valence-corrected chi connectivity index (χ2v) is 5.37. The molecule has 128 valence electrons. The van der Waals surface area contributed by atoms with Crippen LogP contribution in [-0.2, 0) is 4.79 Å². The van der Waals surface area contributed by atoms with E-state index in [4.69, 9.17) is 4.74 Å². The van der Waals surface area contributed by atoms with Crippen LogP contribution in [0.25, 0.3) is 0 Å². The van der Waals surface area contributed by atoms with Crippen molar-refractivity contribution >= 4 is 11.6 Å². The van der Waals surface area contributed by atoms with E-state index in [-0.39, 0.29) is 5.82 Å². The average molecular weight is 332 g/mol. The number of likely N-dealkylation sites (N-methyl/N-ethyl adjacent to an activating group) is 2. The Morgan fingerprint density at radius 1 is 1.25 bits per heavy atom. The Labute approximate surface area is 140 Å². The van der Waals surface area contributed by atoms with Crippen LogP contribution in [0, 0.1) is 5.82 Å². The first kappa shape index (κ1) is 17.7. The standard InChI is InChI=1S/C18H21FN2O3/c1-20-18(23)17(22)16(12-7-9-15(24-3)10-8-12)21(2)14-6-4-5-13(19)11-14/h4-11,16-17,22H,1-3H3,(H,20,23). The highest BCUT2D eigenvalue weighted by molar-refractivity contribution is 5.82. The number of carbonyl (C=O) groups excluding carboxylic acids is 1. The van der Waals surface area contributed by atoms with Crippen molar-refractivity contribution in [3.8, 4) is 5.75 Å².